The second-order valence-corrected chi connectivity index (χ2v) is 8.02. The first-order valence-electron chi connectivity index (χ1n) is 9.37. The number of hydrogen-bond donors (Lipinski definition) is 1. The maximum atomic E-state index is 12.4. The molecule has 1 aliphatic carbocycles. The van der Waals surface area contributed by atoms with Crippen molar-refractivity contribution in [3.05, 3.63) is 29.8 Å². The predicted octanol–water partition coefficient (Wildman–Crippen LogP) is 2.06. The van der Waals surface area contributed by atoms with E-state index in [9.17, 15) is 4.79 Å². The van der Waals surface area contributed by atoms with Crippen molar-refractivity contribution in [2.75, 3.05) is 40.0 Å². The van der Waals surface area contributed by atoms with Crippen LogP contribution in [-0.2, 0) is 16.1 Å². The molecule has 1 aromatic carbocycles. The van der Waals surface area contributed by atoms with Gasteiger partial charge in [0.15, 0.2) is 0 Å². The lowest BCUT2D eigenvalue weighted by molar-refractivity contribution is -0.123. The van der Waals surface area contributed by atoms with Crippen molar-refractivity contribution in [3.8, 4) is 5.75 Å². The molecule has 5 nitrogen and oxygen atoms in total. The molecule has 2 heterocycles. The van der Waals surface area contributed by atoms with Gasteiger partial charge in [0, 0.05) is 43.9 Å². The van der Waals surface area contributed by atoms with Crippen molar-refractivity contribution >= 4 is 5.91 Å². The van der Waals surface area contributed by atoms with Crippen LogP contribution in [0.2, 0.25) is 0 Å². The molecule has 1 amide bonds. The maximum Gasteiger partial charge on any atom is 0.220 e. The van der Waals surface area contributed by atoms with E-state index >= 15 is 0 Å². The van der Waals surface area contributed by atoms with Crippen LogP contribution in [0.5, 0.6) is 5.75 Å². The number of amides is 1. The summed E-state index contributed by atoms with van der Waals surface area (Å²) in [5.41, 5.74) is 1.29. The van der Waals surface area contributed by atoms with E-state index in [0.29, 0.717) is 18.9 Å². The highest BCUT2D eigenvalue weighted by atomic mass is 16.5. The van der Waals surface area contributed by atoms with Gasteiger partial charge in [-0.1, -0.05) is 12.1 Å². The minimum Gasteiger partial charge on any atom is -0.497 e. The highest BCUT2D eigenvalue weighted by Crippen LogP contribution is 2.44. The molecule has 2 atom stereocenters. The van der Waals surface area contributed by atoms with Gasteiger partial charge >= 0.3 is 0 Å². The van der Waals surface area contributed by atoms with Gasteiger partial charge in [-0.15, -0.1) is 0 Å². The van der Waals surface area contributed by atoms with Gasteiger partial charge in [0.05, 0.1) is 20.3 Å². The molecule has 0 unspecified atom stereocenters. The van der Waals surface area contributed by atoms with E-state index < -0.39 is 0 Å². The Hall–Kier alpha value is -1.59. The molecular formula is C20H28N2O3. The highest BCUT2D eigenvalue weighted by Gasteiger charge is 2.51. The molecular weight excluding hydrogens is 316 g/mol. The third-order valence-electron chi connectivity index (χ3n) is 5.95. The Morgan fingerprint density at radius 3 is 2.88 bits per heavy atom. The molecule has 5 heteroatoms. The topological polar surface area (TPSA) is 50.8 Å². The van der Waals surface area contributed by atoms with Crippen LogP contribution < -0.4 is 10.1 Å². The van der Waals surface area contributed by atoms with Crippen molar-refractivity contribution < 1.29 is 14.3 Å². The Labute approximate surface area is 149 Å². The molecule has 3 fully saturated rings. The van der Waals surface area contributed by atoms with Crippen molar-refractivity contribution in [3.63, 3.8) is 0 Å². The minimum atomic E-state index is 0.000104. The zero-order valence-electron chi connectivity index (χ0n) is 15.0. The van der Waals surface area contributed by atoms with Gasteiger partial charge in [0.25, 0.3) is 0 Å². The molecule has 0 aromatic heterocycles. The summed E-state index contributed by atoms with van der Waals surface area (Å²) in [5.74, 6) is 2.29. The summed E-state index contributed by atoms with van der Waals surface area (Å²) in [5, 5.41) is 3.13. The Morgan fingerprint density at radius 1 is 1.36 bits per heavy atom. The van der Waals surface area contributed by atoms with Crippen LogP contribution in [-0.4, -0.2) is 50.8 Å². The summed E-state index contributed by atoms with van der Waals surface area (Å²) in [6, 6.07) is 8.27. The second-order valence-electron chi connectivity index (χ2n) is 8.02. The molecule has 0 spiro atoms. The zero-order chi connectivity index (χ0) is 17.3. The molecule has 0 radical (unpaired) electrons. The molecule has 1 N–H and O–H groups in total. The minimum absolute atomic E-state index is 0.000104. The molecule has 2 saturated heterocycles. The third-order valence-corrected chi connectivity index (χ3v) is 5.95. The summed E-state index contributed by atoms with van der Waals surface area (Å²) < 4.78 is 11.0. The number of nitrogens with zero attached hydrogens (tertiary/aromatic N) is 1. The van der Waals surface area contributed by atoms with Crippen LogP contribution in [0.4, 0.5) is 0 Å². The summed E-state index contributed by atoms with van der Waals surface area (Å²) >= 11 is 0. The monoisotopic (exact) mass is 344 g/mol. The van der Waals surface area contributed by atoms with E-state index in [4.69, 9.17) is 9.47 Å². The van der Waals surface area contributed by atoms with E-state index in [1.807, 2.05) is 12.1 Å². The van der Waals surface area contributed by atoms with E-state index in [2.05, 4.69) is 22.3 Å². The van der Waals surface area contributed by atoms with Gasteiger partial charge in [0.2, 0.25) is 5.91 Å². The summed E-state index contributed by atoms with van der Waals surface area (Å²) in [4.78, 5) is 14.9. The maximum absolute atomic E-state index is 12.4. The molecule has 3 aliphatic rings. The quantitative estimate of drug-likeness (QED) is 0.823. The molecule has 0 bridgehead atoms. The van der Waals surface area contributed by atoms with Gasteiger partial charge in [-0.2, -0.15) is 0 Å². The number of likely N-dealkylation sites (tertiary alicyclic amines) is 1. The average molecular weight is 344 g/mol. The Kier molecular flexibility index (Phi) is 4.69. The van der Waals surface area contributed by atoms with Crippen LogP contribution in [0.15, 0.2) is 24.3 Å². The van der Waals surface area contributed by atoms with E-state index in [-0.39, 0.29) is 11.3 Å². The summed E-state index contributed by atoms with van der Waals surface area (Å²) in [6.07, 6.45) is 3.14. The number of ether oxygens (including phenoxy) is 2. The average Bonchev–Trinajstić information content (AvgIpc) is 3.28. The zero-order valence-corrected chi connectivity index (χ0v) is 15.0. The number of nitrogens with one attached hydrogen (secondary N) is 1. The van der Waals surface area contributed by atoms with Gasteiger partial charge < -0.3 is 14.8 Å². The first kappa shape index (κ1) is 16.9. The number of carbonyl (C=O) groups excluding carboxylic acids is 1. The lowest BCUT2D eigenvalue weighted by Gasteiger charge is -2.26. The summed E-state index contributed by atoms with van der Waals surface area (Å²) in [6.45, 7) is 5.24. The molecule has 4 rings (SSSR count). The molecule has 25 heavy (non-hydrogen) atoms. The fourth-order valence-electron chi connectivity index (χ4n) is 4.26. The van der Waals surface area contributed by atoms with Crippen molar-refractivity contribution in [2.24, 2.45) is 17.3 Å². The third kappa shape index (κ3) is 3.82. The van der Waals surface area contributed by atoms with Crippen molar-refractivity contribution in [1.29, 1.82) is 0 Å². The van der Waals surface area contributed by atoms with Gasteiger partial charge in [-0.25, -0.2) is 0 Å². The Bertz CT molecular complexity index is 614. The second kappa shape index (κ2) is 6.96. The van der Waals surface area contributed by atoms with Crippen molar-refractivity contribution in [2.45, 2.75) is 25.8 Å². The van der Waals surface area contributed by atoms with E-state index in [1.165, 1.54) is 18.4 Å². The molecule has 1 saturated carbocycles. The first-order valence-corrected chi connectivity index (χ1v) is 9.37. The van der Waals surface area contributed by atoms with E-state index in [1.54, 1.807) is 7.11 Å². The molecule has 2 aliphatic heterocycles. The number of fused-ring (bicyclic) bond motifs is 1. The first-order chi connectivity index (χ1) is 12.2. The SMILES string of the molecule is COc1ccc(CN2C[C@@H]3COC[C@]3(CC(=O)NCC3CC3)C2)cc1. The van der Waals surface area contributed by atoms with Gasteiger partial charge in [-0.05, 0) is 36.5 Å². The number of hydrogen-bond acceptors (Lipinski definition) is 4. The lowest BCUT2D eigenvalue weighted by Crippen LogP contribution is -2.38. The standard InChI is InChI=1S/C20H28N2O3/c1-24-18-6-4-16(5-7-18)10-22-11-17-12-25-14-20(17,13-22)8-19(23)21-9-15-2-3-15/h4-7,15,17H,2-3,8-14H2,1H3,(H,21,23)/t17-,20+/m1/s1. The highest BCUT2D eigenvalue weighted by molar-refractivity contribution is 5.77. The van der Waals surface area contributed by atoms with E-state index in [0.717, 1.165) is 44.5 Å². The lowest BCUT2D eigenvalue weighted by atomic mass is 9.78. The normalized spacial score (nSPS) is 28.8. The Morgan fingerprint density at radius 2 is 2.16 bits per heavy atom. The van der Waals surface area contributed by atoms with Crippen LogP contribution in [0.25, 0.3) is 0 Å². The van der Waals surface area contributed by atoms with Gasteiger partial charge in [-0.3, -0.25) is 9.69 Å². The molecule has 136 valence electrons. The Balaban J connectivity index is 1.35. The number of benzene rings is 1. The molecule has 1 aromatic rings. The largest absolute Gasteiger partial charge is 0.497 e. The van der Waals surface area contributed by atoms with Crippen LogP contribution in [0.1, 0.15) is 24.8 Å². The van der Waals surface area contributed by atoms with Crippen molar-refractivity contribution in [1.82, 2.24) is 10.2 Å². The fraction of sp³-hybridized carbons (Fsp3) is 0.650. The smallest absolute Gasteiger partial charge is 0.220 e. The van der Waals surface area contributed by atoms with Crippen LogP contribution in [0, 0.1) is 17.3 Å². The number of methoxy groups -OCH3 is 1. The summed E-state index contributed by atoms with van der Waals surface area (Å²) in [7, 11) is 1.69. The van der Waals surface area contributed by atoms with Crippen LogP contribution >= 0.6 is 0 Å². The predicted molar refractivity (Wildman–Crippen MR) is 95.4 cm³/mol. The van der Waals surface area contributed by atoms with Gasteiger partial charge in [0.1, 0.15) is 5.75 Å². The number of rotatable bonds is 7. The number of carbonyl (C=O) groups is 1. The fourth-order valence-corrected chi connectivity index (χ4v) is 4.26. The van der Waals surface area contributed by atoms with Crippen LogP contribution in [0.3, 0.4) is 0 Å².